The Bertz CT molecular complexity index is 102. The first-order valence-corrected chi connectivity index (χ1v) is 2.55. The number of hydrogen-bond donors (Lipinski definition) is 6. The van der Waals surface area contributed by atoms with E-state index in [4.69, 9.17) is 30.2 Å². The third-order valence-electron chi connectivity index (χ3n) is 0.183. The van der Waals surface area contributed by atoms with Crippen molar-refractivity contribution in [2.45, 2.75) is 0 Å². The van der Waals surface area contributed by atoms with Crippen molar-refractivity contribution in [1.29, 1.82) is 0 Å². The molecule has 0 saturated heterocycles. The van der Waals surface area contributed by atoms with Gasteiger partial charge in [-0.2, -0.15) is 0 Å². The van der Waals surface area contributed by atoms with Gasteiger partial charge in [0, 0.05) is 14.1 Å². The van der Waals surface area contributed by atoms with Crippen LogP contribution in [-0.4, -0.2) is 46.7 Å². The Morgan fingerprint density at radius 1 is 0.917 bits per heavy atom. The second-order valence-corrected chi connectivity index (χ2v) is 1.06. The van der Waals surface area contributed by atoms with E-state index in [2.05, 4.69) is 0 Å². The highest BCUT2D eigenvalue weighted by molar-refractivity contribution is 6.27. The number of carboxylic acids is 2. The summed E-state index contributed by atoms with van der Waals surface area (Å²) in [5, 5.41) is 29.4. The predicted octanol–water partition coefficient (Wildman–Crippen LogP) is -1.65. The second-order valence-electron chi connectivity index (χ2n) is 1.06. The first-order valence-electron chi connectivity index (χ1n) is 2.55. The van der Waals surface area contributed by atoms with Gasteiger partial charge in [0.25, 0.3) is 0 Å². The first kappa shape index (κ1) is 17.0. The maximum atomic E-state index is 9.10. The highest BCUT2D eigenvalue weighted by atomic mass is 16.5. The molecule has 0 aliphatic carbocycles. The van der Waals surface area contributed by atoms with Gasteiger partial charge in [-0.1, -0.05) is 0 Å². The molecule has 0 aromatic rings. The van der Waals surface area contributed by atoms with Crippen molar-refractivity contribution in [1.82, 2.24) is 11.0 Å². The van der Waals surface area contributed by atoms with Gasteiger partial charge in [0.1, 0.15) is 0 Å². The minimum atomic E-state index is -1.82. The minimum absolute atomic E-state index is 1.43. The van der Waals surface area contributed by atoms with Gasteiger partial charge < -0.3 is 20.6 Å². The molecule has 8 nitrogen and oxygen atoms in total. The molecule has 74 valence electrons. The van der Waals surface area contributed by atoms with Gasteiger partial charge in [-0.05, 0) is 0 Å². The summed E-state index contributed by atoms with van der Waals surface area (Å²) in [6.07, 6.45) is 0. The van der Waals surface area contributed by atoms with Crippen LogP contribution in [0.3, 0.4) is 0 Å². The van der Waals surface area contributed by atoms with Crippen molar-refractivity contribution in [2.75, 3.05) is 14.1 Å². The summed E-state index contributed by atoms with van der Waals surface area (Å²) >= 11 is 0. The standard InChI is InChI=1S/C2H2O4.2CH5NO/c3-1(4)2(5)6;2*1-2-3/h(H,3,4)(H,5,6);2*2-3H,1H3. The zero-order chi connectivity index (χ0) is 10.6. The molecule has 0 aromatic carbocycles. The van der Waals surface area contributed by atoms with Crippen molar-refractivity contribution in [3.8, 4) is 0 Å². The van der Waals surface area contributed by atoms with Crippen LogP contribution in [0.25, 0.3) is 0 Å². The Morgan fingerprint density at radius 2 is 1.00 bits per heavy atom. The van der Waals surface area contributed by atoms with Crippen LogP contribution in [0, 0.1) is 0 Å². The highest BCUT2D eigenvalue weighted by Gasteiger charge is 2.04. The van der Waals surface area contributed by atoms with Crippen LogP contribution in [-0.2, 0) is 9.59 Å². The Labute approximate surface area is 68.4 Å². The lowest BCUT2D eigenvalue weighted by atomic mass is 10.7. The van der Waals surface area contributed by atoms with Crippen molar-refractivity contribution in [2.24, 2.45) is 0 Å². The number of carbonyl (C=O) groups is 2. The third kappa shape index (κ3) is 68.8. The van der Waals surface area contributed by atoms with E-state index in [0.29, 0.717) is 0 Å². The number of nitrogens with one attached hydrogen (secondary N) is 2. The fourth-order valence-corrected chi connectivity index (χ4v) is 0. The summed E-state index contributed by atoms with van der Waals surface area (Å²) in [7, 11) is 2.86. The molecule has 0 unspecified atom stereocenters. The van der Waals surface area contributed by atoms with E-state index in [-0.39, 0.29) is 0 Å². The highest BCUT2D eigenvalue weighted by Crippen LogP contribution is 1.56. The largest absolute Gasteiger partial charge is 0.473 e. The van der Waals surface area contributed by atoms with Crippen LogP contribution in [0.15, 0.2) is 0 Å². The molecule has 8 heteroatoms. The maximum Gasteiger partial charge on any atom is 0.414 e. The minimum Gasteiger partial charge on any atom is -0.473 e. The van der Waals surface area contributed by atoms with Crippen molar-refractivity contribution >= 4 is 11.9 Å². The number of rotatable bonds is 0. The van der Waals surface area contributed by atoms with Gasteiger partial charge in [0.15, 0.2) is 0 Å². The average molecular weight is 184 g/mol. The summed E-state index contributed by atoms with van der Waals surface area (Å²) in [5.74, 6) is -3.65. The number of hydrogen-bond acceptors (Lipinski definition) is 6. The molecule has 0 aromatic heterocycles. The number of carboxylic acid groups (broad SMARTS) is 2. The van der Waals surface area contributed by atoms with E-state index < -0.39 is 11.9 Å². The fraction of sp³-hybridized carbons (Fsp3) is 0.500. The molecule has 0 bridgehead atoms. The number of hydroxylamine groups is 2. The van der Waals surface area contributed by atoms with E-state index in [9.17, 15) is 0 Å². The molecule has 0 saturated carbocycles. The summed E-state index contributed by atoms with van der Waals surface area (Å²) in [4.78, 5) is 18.2. The molecular weight excluding hydrogens is 172 g/mol. The molecule has 0 heterocycles. The van der Waals surface area contributed by atoms with Gasteiger partial charge in [-0.3, -0.25) is 0 Å². The Balaban J connectivity index is -0.000000115. The van der Waals surface area contributed by atoms with E-state index >= 15 is 0 Å². The van der Waals surface area contributed by atoms with Crippen molar-refractivity contribution in [3.63, 3.8) is 0 Å². The van der Waals surface area contributed by atoms with Crippen LogP contribution in [0.4, 0.5) is 0 Å². The van der Waals surface area contributed by atoms with Crippen LogP contribution in [0.1, 0.15) is 0 Å². The molecule has 0 aliphatic heterocycles. The monoisotopic (exact) mass is 184 g/mol. The molecule has 0 spiro atoms. The smallest absolute Gasteiger partial charge is 0.414 e. The van der Waals surface area contributed by atoms with E-state index in [1.165, 1.54) is 14.1 Å². The molecule has 0 rings (SSSR count). The molecule has 0 fully saturated rings. The molecule has 6 N–H and O–H groups in total. The predicted molar refractivity (Wildman–Crippen MR) is 37.0 cm³/mol. The zero-order valence-corrected chi connectivity index (χ0v) is 6.61. The van der Waals surface area contributed by atoms with Crippen LogP contribution < -0.4 is 11.0 Å². The van der Waals surface area contributed by atoms with Crippen LogP contribution in [0.2, 0.25) is 0 Å². The maximum absolute atomic E-state index is 9.10. The molecule has 0 aliphatic rings. The van der Waals surface area contributed by atoms with Gasteiger partial charge in [-0.15, -0.1) is 0 Å². The molecular formula is C4H12N2O6. The Hall–Kier alpha value is -1.22. The topological polar surface area (TPSA) is 139 Å². The van der Waals surface area contributed by atoms with Gasteiger partial charge in [0.05, 0.1) is 0 Å². The second kappa shape index (κ2) is 16.4. The lowest BCUT2D eigenvalue weighted by Gasteiger charge is -1.72. The Morgan fingerprint density at radius 3 is 1.00 bits per heavy atom. The molecule has 0 amide bonds. The SMILES string of the molecule is CNO.CNO.O=C(O)C(=O)O. The first-order chi connectivity index (χ1) is 5.47. The molecule has 0 radical (unpaired) electrons. The van der Waals surface area contributed by atoms with Crippen LogP contribution in [0.5, 0.6) is 0 Å². The fourth-order valence-electron chi connectivity index (χ4n) is 0. The summed E-state index contributed by atoms with van der Waals surface area (Å²) in [5.41, 5.74) is 3.50. The van der Waals surface area contributed by atoms with Gasteiger partial charge in [-0.25, -0.2) is 20.5 Å². The quantitative estimate of drug-likeness (QED) is 0.194. The van der Waals surface area contributed by atoms with E-state index in [1.54, 1.807) is 11.0 Å². The molecule has 12 heavy (non-hydrogen) atoms. The summed E-state index contributed by atoms with van der Waals surface area (Å²) in [6, 6.07) is 0. The van der Waals surface area contributed by atoms with Crippen molar-refractivity contribution < 1.29 is 30.2 Å². The summed E-state index contributed by atoms with van der Waals surface area (Å²) in [6.45, 7) is 0. The van der Waals surface area contributed by atoms with Crippen molar-refractivity contribution in [3.05, 3.63) is 0 Å². The lowest BCUT2D eigenvalue weighted by Crippen LogP contribution is -2.09. The molecule has 0 atom stereocenters. The normalized spacial score (nSPS) is 6.67. The third-order valence-corrected chi connectivity index (χ3v) is 0.183. The number of aliphatic carboxylic acids is 2. The van der Waals surface area contributed by atoms with Crippen LogP contribution >= 0.6 is 0 Å². The average Bonchev–Trinajstić information content (AvgIpc) is 1.90. The zero-order valence-electron chi connectivity index (χ0n) is 6.61. The van der Waals surface area contributed by atoms with Gasteiger partial charge >= 0.3 is 11.9 Å². The van der Waals surface area contributed by atoms with E-state index in [1.807, 2.05) is 0 Å². The summed E-state index contributed by atoms with van der Waals surface area (Å²) < 4.78 is 0. The van der Waals surface area contributed by atoms with Gasteiger partial charge in [0.2, 0.25) is 0 Å². The van der Waals surface area contributed by atoms with E-state index in [0.717, 1.165) is 0 Å². The lowest BCUT2D eigenvalue weighted by molar-refractivity contribution is -0.159. The Kier molecular flexibility index (Phi) is 23.3.